The Labute approximate surface area is 126 Å². The molecule has 5 heteroatoms. The van der Waals surface area contributed by atoms with E-state index >= 15 is 0 Å². The molecule has 1 atom stereocenters. The van der Waals surface area contributed by atoms with Crippen molar-refractivity contribution in [3.8, 4) is 5.75 Å². The Bertz CT molecular complexity index is 461. The van der Waals surface area contributed by atoms with E-state index in [1.54, 1.807) is 7.11 Å². The van der Waals surface area contributed by atoms with Crippen molar-refractivity contribution in [1.29, 1.82) is 0 Å². The summed E-state index contributed by atoms with van der Waals surface area (Å²) in [7, 11) is 3.74. The standard InChI is InChI=1S/C16H25N3O2/c1-4-10-19(12-14-9-11-18(14)2)16(20)17-13-5-7-15(21-3)8-6-13/h5-8,14H,4,9-12H2,1-3H3,(H,17,20)/t14-/m1/s1. The summed E-state index contributed by atoms with van der Waals surface area (Å²) >= 11 is 0. The molecule has 0 aliphatic carbocycles. The second-order valence-electron chi connectivity index (χ2n) is 5.53. The number of rotatable bonds is 6. The van der Waals surface area contributed by atoms with Crippen molar-refractivity contribution >= 4 is 11.7 Å². The predicted molar refractivity (Wildman–Crippen MR) is 84.9 cm³/mol. The quantitative estimate of drug-likeness (QED) is 0.876. The van der Waals surface area contributed by atoms with Crippen molar-refractivity contribution in [1.82, 2.24) is 9.80 Å². The van der Waals surface area contributed by atoms with Gasteiger partial charge in [0, 0.05) is 24.8 Å². The summed E-state index contributed by atoms with van der Waals surface area (Å²) in [5, 5.41) is 2.96. The van der Waals surface area contributed by atoms with Crippen molar-refractivity contribution in [3.05, 3.63) is 24.3 Å². The monoisotopic (exact) mass is 291 g/mol. The summed E-state index contributed by atoms with van der Waals surface area (Å²) in [6.07, 6.45) is 2.14. The van der Waals surface area contributed by atoms with E-state index < -0.39 is 0 Å². The van der Waals surface area contributed by atoms with Crippen LogP contribution in [0.15, 0.2) is 24.3 Å². The van der Waals surface area contributed by atoms with Crippen molar-refractivity contribution < 1.29 is 9.53 Å². The molecule has 2 amide bonds. The minimum atomic E-state index is -0.0256. The topological polar surface area (TPSA) is 44.8 Å². The fraction of sp³-hybridized carbons (Fsp3) is 0.562. The van der Waals surface area contributed by atoms with E-state index in [-0.39, 0.29) is 6.03 Å². The zero-order valence-electron chi connectivity index (χ0n) is 13.1. The zero-order chi connectivity index (χ0) is 15.2. The maximum atomic E-state index is 12.4. The Morgan fingerprint density at radius 2 is 2.14 bits per heavy atom. The number of benzene rings is 1. The maximum Gasteiger partial charge on any atom is 0.321 e. The molecule has 0 aromatic heterocycles. The average molecular weight is 291 g/mol. The summed E-state index contributed by atoms with van der Waals surface area (Å²) in [5.41, 5.74) is 0.795. The highest BCUT2D eigenvalue weighted by Crippen LogP contribution is 2.18. The first kappa shape index (κ1) is 15.6. The molecule has 0 spiro atoms. The van der Waals surface area contributed by atoms with Crippen LogP contribution in [0.4, 0.5) is 10.5 Å². The summed E-state index contributed by atoms with van der Waals surface area (Å²) < 4.78 is 5.12. The smallest absolute Gasteiger partial charge is 0.321 e. The lowest BCUT2D eigenvalue weighted by molar-refractivity contribution is 0.0938. The summed E-state index contributed by atoms with van der Waals surface area (Å²) in [5.74, 6) is 0.787. The Balaban J connectivity index is 1.93. The molecule has 116 valence electrons. The molecule has 1 fully saturated rings. The number of nitrogens with zero attached hydrogens (tertiary/aromatic N) is 2. The first-order valence-electron chi connectivity index (χ1n) is 7.54. The molecule has 0 saturated carbocycles. The molecule has 1 heterocycles. The predicted octanol–water partition coefficient (Wildman–Crippen LogP) is 2.64. The SMILES string of the molecule is CCCN(C[C@H]1CCN1C)C(=O)Nc1ccc(OC)cc1. The van der Waals surface area contributed by atoms with Crippen LogP contribution in [0.1, 0.15) is 19.8 Å². The number of methoxy groups -OCH3 is 1. The molecule has 1 aromatic carbocycles. The molecule has 1 aliphatic rings. The van der Waals surface area contributed by atoms with Gasteiger partial charge in [-0.15, -0.1) is 0 Å². The van der Waals surface area contributed by atoms with E-state index in [0.717, 1.165) is 37.5 Å². The van der Waals surface area contributed by atoms with Gasteiger partial charge in [-0.2, -0.15) is 0 Å². The molecule has 0 bridgehead atoms. The number of nitrogens with one attached hydrogen (secondary N) is 1. The number of ether oxygens (including phenoxy) is 1. The zero-order valence-corrected chi connectivity index (χ0v) is 13.1. The number of anilines is 1. The number of hydrogen-bond donors (Lipinski definition) is 1. The van der Waals surface area contributed by atoms with Gasteiger partial charge in [-0.25, -0.2) is 4.79 Å². The van der Waals surface area contributed by atoms with Crippen LogP contribution >= 0.6 is 0 Å². The normalized spacial score (nSPS) is 18.0. The van der Waals surface area contributed by atoms with Gasteiger partial charge in [0.05, 0.1) is 7.11 Å². The number of urea groups is 1. The van der Waals surface area contributed by atoms with Gasteiger partial charge in [-0.3, -0.25) is 0 Å². The number of carbonyl (C=O) groups excluding carboxylic acids is 1. The molecule has 1 aliphatic heterocycles. The molecule has 1 N–H and O–H groups in total. The highest BCUT2D eigenvalue weighted by molar-refractivity contribution is 5.89. The lowest BCUT2D eigenvalue weighted by atomic mass is 10.0. The van der Waals surface area contributed by atoms with E-state index in [4.69, 9.17) is 4.74 Å². The Morgan fingerprint density at radius 1 is 1.43 bits per heavy atom. The minimum Gasteiger partial charge on any atom is -0.497 e. The van der Waals surface area contributed by atoms with Gasteiger partial charge >= 0.3 is 6.03 Å². The highest BCUT2D eigenvalue weighted by Gasteiger charge is 2.27. The summed E-state index contributed by atoms with van der Waals surface area (Å²) in [6.45, 7) is 4.81. The molecule has 1 aromatic rings. The number of carbonyl (C=O) groups is 1. The maximum absolute atomic E-state index is 12.4. The highest BCUT2D eigenvalue weighted by atomic mass is 16.5. The van der Waals surface area contributed by atoms with Gasteiger partial charge in [0.25, 0.3) is 0 Å². The fourth-order valence-electron chi connectivity index (χ4n) is 2.48. The number of amides is 2. The summed E-state index contributed by atoms with van der Waals surface area (Å²) in [4.78, 5) is 16.6. The van der Waals surface area contributed by atoms with Crippen molar-refractivity contribution in [3.63, 3.8) is 0 Å². The van der Waals surface area contributed by atoms with Gasteiger partial charge in [0.15, 0.2) is 0 Å². The van der Waals surface area contributed by atoms with E-state index in [1.165, 1.54) is 6.42 Å². The summed E-state index contributed by atoms with van der Waals surface area (Å²) in [6, 6.07) is 7.88. The van der Waals surface area contributed by atoms with Gasteiger partial charge in [0.1, 0.15) is 5.75 Å². The molecule has 5 nitrogen and oxygen atoms in total. The van der Waals surface area contributed by atoms with Crippen molar-refractivity contribution in [2.45, 2.75) is 25.8 Å². The third-order valence-electron chi connectivity index (χ3n) is 3.99. The second-order valence-corrected chi connectivity index (χ2v) is 5.53. The van der Waals surface area contributed by atoms with Gasteiger partial charge < -0.3 is 19.9 Å². The van der Waals surface area contributed by atoms with Crippen molar-refractivity contribution in [2.24, 2.45) is 0 Å². The van der Waals surface area contributed by atoms with Crippen LogP contribution in [0, 0.1) is 0 Å². The lowest BCUT2D eigenvalue weighted by Gasteiger charge is -2.40. The fourth-order valence-corrected chi connectivity index (χ4v) is 2.48. The van der Waals surface area contributed by atoms with E-state index in [1.807, 2.05) is 29.2 Å². The third kappa shape index (κ3) is 4.11. The van der Waals surface area contributed by atoms with Gasteiger partial charge in [0.2, 0.25) is 0 Å². The molecule has 2 rings (SSSR count). The molecule has 1 saturated heterocycles. The van der Waals surface area contributed by atoms with Crippen molar-refractivity contribution in [2.75, 3.05) is 39.1 Å². The molecular weight excluding hydrogens is 266 g/mol. The Hall–Kier alpha value is -1.75. The average Bonchev–Trinajstić information content (AvgIpc) is 2.50. The number of hydrogen-bond acceptors (Lipinski definition) is 3. The van der Waals surface area contributed by atoms with Gasteiger partial charge in [-0.05, 0) is 50.7 Å². The van der Waals surface area contributed by atoms with Crippen LogP contribution in [0.2, 0.25) is 0 Å². The molecular formula is C16H25N3O2. The largest absolute Gasteiger partial charge is 0.497 e. The van der Waals surface area contributed by atoms with Crippen LogP contribution in [0.3, 0.4) is 0 Å². The first-order chi connectivity index (χ1) is 10.1. The van der Waals surface area contributed by atoms with E-state index in [2.05, 4.69) is 24.2 Å². The molecule has 0 unspecified atom stereocenters. The first-order valence-corrected chi connectivity index (χ1v) is 7.54. The van der Waals surface area contributed by atoms with Crippen LogP contribution in [-0.2, 0) is 0 Å². The van der Waals surface area contributed by atoms with Crippen LogP contribution in [0.5, 0.6) is 5.75 Å². The number of likely N-dealkylation sites (tertiary alicyclic amines) is 1. The van der Waals surface area contributed by atoms with E-state index in [9.17, 15) is 4.79 Å². The van der Waals surface area contributed by atoms with Crippen LogP contribution in [0.25, 0.3) is 0 Å². The van der Waals surface area contributed by atoms with E-state index in [0.29, 0.717) is 6.04 Å². The number of likely N-dealkylation sites (N-methyl/N-ethyl adjacent to an activating group) is 1. The third-order valence-corrected chi connectivity index (χ3v) is 3.99. The van der Waals surface area contributed by atoms with Gasteiger partial charge in [-0.1, -0.05) is 6.92 Å². The second kappa shape index (κ2) is 7.31. The Kier molecular flexibility index (Phi) is 5.44. The van der Waals surface area contributed by atoms with Crippen LogP contribution in [-0.4, -0.2) is 55.7 Å². The molecule has 21 heavy (non-hydrogen) atoms. The minimum absolute atomic E-state index is 0.0256. The molecule has 0 radical (unpaired) electrons. The lowest BCUT2D eigenvalue weighted by Crippen LogP contribution is -2.53. The van der Waals surface area contributed by atoms with Crippen LogP contribution < -0.4 is 10.1 Å². The Morgan fingerprint density at radius 3 is 2.62 bits per heavy atom.